The summed E-state index contributed by atoms with van der Waals surface area (Å²) in [6, 6.07) is 0.130. The highest BCUT2D eigenvalue weighted by molar-refractivity contribution is 6.79. The second kappa shape index (κ2) is 6.79. The maximum atomic E-state index is 12.1. The molecule has 20 heavy (non-hydrogen) atoms. The molecule has 0 unspecified atom stereocenters. The number of allylic oxidation sites excluding steroid dienone is 1. The number of cyclic esters (lactones) is 1. The summed E-state index contributed by atoms with van der Waals surface area (Å²) in [6.07, 6.45) is 9.13. The molecule has 0 aromatic rings. The fraction of sp³-hybridized carbons (Fsp3) is 0.812. The smallest absolute Gasteiger partial charge is 0.402 e. The van der Waals surface area contributed by atoms with E-state index in [9.17, 15) is 4.79 Å². The maximum Gasteiger partial charge on any atom is 0.402 e. The summed E-state index contributed by atoms with van der Waals surface area (Å²) < 4.78 is 7.35. The number of ether oxygens (including phenoxy) is 1. The van der Waals surface area contributed by atoms with Crippen LogP contribution >= 0.6 is 0 Å². The van der Waals surface area contributed by atoms with Crippen molar-refractivity contribution in [1.82, 2.24) is 4.57 Å². The van der Waals surface area contributed by atoms with Crippen molar-refractivity contribution in [2.24, 2.45) is 0 Å². The molecule has 1 heterocycles. The van der Waals surface area contributed by atoms with Gasteiger partial charge in [0.15, 0.2) is 8.24 Å². The lowest BCUT2D eigenvalue weighted by atomic mass is 10.2. The SMILES string of the molecule is CCCCC/C=C\[C@@H]1COC(=O)N1[Si](C)(C)C(C)(C)C. The first-order chi connectivity index (χ1) is 9.21. The van der Waals surface area contributed by atoms with E-state index in [4.69, 9.17) is 4.74 Å². The highest BCUT2D eigenvalue weighted by Gasteiger charge is 2.49. The minimum atomic E-state index is -1.87. The molecule has 1 rings (SSSR count). The molecule has 0 saturated carbocycles. The van der Waals surface area contributed by atoms with Gasteiger partial charge in [0, 0.05) is 0 Å². The molecule has 3 nitrogen and oxygen atoms in total. The monoisotopic (exact) mass is 297 g/mol. The zero-order valence-corrected chi connectivity index (χ0v) is 15.0. The van der Waals surface area contributed by atoms with Crippen LogP contribution in [0.2, 0.25) is 18.1 Å². The molecule has 0 radical (unpaired) electrons. The Hall–Kier alpha value is -0.773. The van der Waals surface area contributed by atoms with Crippen LogP contribution < -0.4 is 0 Å². The lowest BCUT2D eigenvalue weighted by molar-refractivity contribution is 0.168. The van der Waals surface area contributed by atoms with Crippen LogP contribution in [0.4, 0.5) is 4.79 Å². The number of carbonyl (C=O) groups is 1. The normalized spacial score (nSPS) is 20.8. The van der Waals surface area contributed by atoms with Crippen molar-refractivity contribution in [3.63, 3.8) is 0 Å². The van der Waals surface area contributed by atoms with Crippen LogP contribution in [-0.4, -0.2) is 31.5 Å². The molecule has 1 aliphatic heterocycles. The topological polar surface area (TPSA) is 29.5 Å². The quantitative estimate of drug-likeness (QED) is 0.394. The molecule has 116 valence electrons. The van der Waals surface area contributed by atoms with Crippen molar-refractivity contribution in [2.45, 2.75) is 77.6 Å². The molecule has 4 heteroatoms. The summed E-state index contributed by atoms with van der Waals surface area (Å²) in [5.41, 5.74) is 0. The molecule has 0 aromatic heterocycles. The van der Waals surface area contributed by atoms with Crippen LogP contribution in [0.1, 0.15) is 53.4 Å². The van der Waals surface area contributed by atoms with Gasteiger partial charge in [0.25, 0.3) is 0 Å². The van der Waals surface area contributed by atoms with E-state index in [1.165, 1.54) is 19.3 Å². The molecular formula is C16H31NO2Si. The van der Waals surface area contributed by atoms with E-state index in [2.05, 4.69) is 52.9 Å². The Morgan fingerprint density at radius 3 is 2.55 bits per heavy atom. The predicted octanol–water partition coefficient (Wildman–Crippen LogP) is 4.95. The van der Waals surface area contributed by atoms with E-state index in [-0.39, 0.29) is 17.2 Å². The van der Waals surface area contributed by atoms with Crippen molar-refractivity contribution < 1.29 is 9.53 Å². The number of unbranched alkanes of at least 4 members (excludes halogenated alkanes) is 3. The van der Waals surface area contributed by atoms with Gasteiger partial charge in [0.1, 0.15) is 6.61 Å². The third kappa shape index (κ3) is 3.87. The number of nitrogens with zero attached hydrogens (tertiary/aromatic N) is 1. The van der Waals surface area contributed by atoms with Crippen molar-refractivity contribution in [3.05, 3.63) is 12.2 Å². The second-order valence-electron chi connectivity index (χ2n) is 7.25. The van der Waals surface area contributed by atoms with Crippen LogP contribution in [0.3, 0.4) is 0 Å². The van der Waals surface area contributed by atoms with Crippen LogP contribution in [0.5, 0.6) is 0 Å². The fourth-order valence-corrected chi connectivity index (χ4v) is 4.58. The molecular weight excluding hydrogens is 266 g/mol. The summed E-state index contributed by atoms with van der Waals surface area (Å²) in [6.45, 7) is 13.9. The molecule has 1 amide bonds. The van der Waals surface area contributed by atoms with E-state index < -0.39 is 8.24 Å². The summed E-state index contributed by atoms with van der Waals surface area (Å²) >= 11 is 0. The highest BCUT2D eigenvalue weighted by atomic mass is 28.3. The van der Waals surface area contributed by atoms with E-state index >= 15 is 0 Å². The minimum absolute atomic E-state index is 0.125. The lowest BCUT2D eigenvalue weighted by Gasteiger charge is -2.44. The maximum absolute atomic E-state index is 12.1. The van der Waals surface area contributed by atoms with E-state index in [0.29, 0.717) is 6.61 Å². The molecule has 1 aliphatic rings. The molecule has 1 atom stereocenters. The van der Waals surface area contributed by atoms with Gasteiger partial charge in [0.05, 0.1) is 6.04 Å². The summed E-state index contributed by atoms with van der Waals surface area (Å²) in [5, 5.41) is 0.144. The average Bonchev–Trinajstić information content (AvgIpc) is 2.69. The summed E-state index contributed by atoms with van der Waals surface area (Å²) in [4.78, 5) is 12.1. The first kappa shape index (κ1) is 17.3. The molecule has 1 saturated heterocycles. The standard InChI is InChI=1S/C16H31NO2Si/c1-7-8-9-10-11-12-14-13-19-15(18)17(14)20(5,6)16(2,3)4/h11-12,14H,7-10,13H2,1-6H3/b12-11-/t14-/m1/s1. The van der Waals surface area contributed by atoms with Gasteiger partial charge in [-0.1, -0.05) is 65.8 Å². The van der Waals surface area contributed by atoms with E-state index in [0.717, 1.165) is 6.42 Å². The molecule has 0 aliphatic carbocycles. The number of hydrogen-bond acceptors (Lipinski definition) is 2. The van der Waals surface area contributed by atoms with Gasteiger partial charge in [-0.3, -0.25) is 0 Å². The zero-order chi connectivity index (χ0) is 15.4. The van der Waals surface area contributed by atoms with Crippen molar-refractivity contribution in [3.8, 4) is 0 Å². The number of hydrogen-bond donors (Lipinski definition) is 0. The Bertz CT molecular complexity index is 358. The van der Waals surface area contributed by atoms with Gasteiger partial charge >= 0.3 is 6.09 Å². The van der Waals surface area contributed by atoms with E-state index in [1.807, 2.05) is 4.57 Å². The lowest BCUT2D eigenvalue weighted by Crippen LogP contribution is -2.58. The third-order valence-corrected chi connectivity index (χ3v) is 10.1. The summed E-state index contributed by atoms with van der Waals surface area (Å²) in [7, 11) is -1.87. The Morgan fingerprint density at radius 1 is 1.35 bits per heavy atom. The number of rotatable bonds is 6. The van der Waals surface area contributed by atoms with Gasteiger partial charge in [0.2, 0.25) is 0 Å². The van der Waals surface area contributed by atoms with Crippen molar-refractivity contribution >= 4 is 14.3 Å². The van der Waals surface area contributed by atoms with Crippen LogP contribution in [0, 0.1) is 0 Å². The van der Waals surface area contributed by atoms with Crippen molar-refractivity contribution in [1.29, 1.82) is 0 Å². The van der Waals surface area contributed by atoms with Crippen molar-refractivity contribution in [2.75, 3.05) is 6.61 Å². The Kier molecular flexibility index (Phi) is 5.87. The van der Waals surface area contributed by atoms with Crippen LogP contribution in [-0.2, 0) is 4.74 Å². The molecule has 0 bridgehead atoms. The molecule has 0 spiro atoms. The average molecular weight is 298 g/mol. The first-order valence-corrected chi connectivity index (χ1v) is 10.8. The Labute approximate surface area is 125 Å². The largest absolute Gasteiger partial charge is 0.447 e. The third-order valence-electron chi connectivity index (χ3n) is 4.68. The van der Waals surface area contributed by atoms with Gasteiger partial charge in [-0.2, -0.15) is 0 Å². The van der Waals surface area contributed by atoms with Gasteiger partial charge < -0.3 is 9.30 Å². The molecule has 1 fully saturated rings. The van der Waals surface area contributed by atoms with Gasteiger partial charge in [-0.25, -0.2) is 4.79 Å². The van der Waals surface area contributed by atoms with Gasteiger partial charge in [-0.15, -0.1) is 0 Å². The minimum Gasteiger partial charge on any atom is -0.447 e. The Balaban J connectivity index is 2.74. The first-order valence-electron chi connectivity index (χ1n) is 7.84. The Morgan fingerprint density at radius 2 is 2.00 bits per heavy atom. The van der Waals surface area contributed by atoms with Gasteiger partial charge in [-0.05, 0) is 17.9 Å². The molecule has 0 N–H and O–H groups in total. The number of carbonyl (C=O) groups excluding carboxylic acids is 1. The zero-order valence-electron chi connectivity index (χ0n) is 14.0. The van der Waals surface area contributed by atoms with Crippen LogP contribution in [0.15, 0.2) is 12.2 Å². The fourth-order valence-electron chi connectivity index (χ4n) is 2.35. The highest BCUT2D eigenvalue weighted by Crippen LogP contribution is 2.41. The molecule has 0 aromatic carbocycles. The van der Waals surface area contributed by atoms with E-state index in [1.54, 1.807) is 0 Å². The summed E-state index contributed by atoms with van der Waals surface area (Å²) in [5.74, 6) is 0. The van der Waals surface area contributed by atoms with Crippen LogP contribution in [0.25, 0.3) is 0 Å². The number of amides is 1. The second-order valence-corrected chi connectivity index (χ2v) is 12.3. The predicted molar refractivity (Wildman–Crippen MR) is 87.5 cm³/mol.